The zero-order valence-electron chi connectivity index (χ0n) is 11.1. The maximum atomic E-state index is 10.6. The molecule has 0 radical (unpaired) electrons. The Balaban J connectivity index is 1.92. The van der Waals surface area contributed by atoms with Crippen molar-refractivity contribution in [2.45, 2.75) is 32.6 Å². The highest BCUT2D eigenvalue weighted by atomic mass is 16.6. The van der Waals surface area contributed by atoms with E-state index in [0.717, 1.165) is 12.5 Å². The summed E-state index contributed by atoms with van der Waals surface area (Å²) in [7, 11) is 0. The molecule has 1 aliphatic rings. The van der Waals surface area contributed by atoms with Crippen LogP contribution in [0.4, 0.5) is 17.3 Å². The zero-order valence-corrected chi connectivity index (χ0v) is 11.1. The molecule has 3 N–H and O–H groups in total. The number of nitro groups is 1. The molecule has 1 aromatic heterocycles. The van der Waals surface area contributed by atoms with E-state index in [0.29, 0.717) is 11.7 Å². The predicted molar refractivity (Wildman–Crippen MR) is 74.9 cm³/mol. The van der Waals surface area contributed by atoms with Gasteiger partial charge in [-0.1, -0.05) is 19.8 Å². The molecule has 6 heteroatoms. The van der Waals surface area contributed by atoms with Gasteiger partial charge in [0.2, 0.25) is 5.82 Å². The number of nitrogen functional groups attached to an aromatic ring is 1. The Morgan fingerprint density at radius 3 is 2.95 bits per heavy atom. The quantitative estimate of drug-likeness (QED) is 0.644. The highest BCUT2D eigenvalue weighted by molar-refractivity contribution is 5.57. The molecule has 6 nitrogen and oxygen atoms in total. The summed E-state index contributed by atoms with van der Waals surface area (Å²) in [4.78, 5) is 14.1. The molecule has 1 aliphatic carbocycles. The van der Waals surface area contributed by atoms with Gasteiger partial charge in [-0.25, -0.2) is 4.98 Å². The molecule has 0 amide bonds. The third kappa shape index (κ3) is 3.56. The van der Waals surface area contributed by atoms with Crippen LogP contribution in [0.3, 0.4) is 0 Å². The SMILES string of the molecule is CC1CCCC(CNc2ccc([N+](=O)[O-])c(N)n2)C1. The fourth-order valence-corrected chi connectivity index (χ4v) is 2.71. The van der Waals surface area contributed by atoms with E-state index in [-0.39, 0.29) is 11.5 Å². The molecular weight excluding hydrogens is 244 g/mol. The van der Waals surface area contributed by atoms with Gasteiger partial charge in [-0.05, 0) is 30.7 Å². The molecule has 2 unspecified atom stereocenters. The van der Waals surface area contributed by atoms with Crippen molar-refractivity contribution in [3.8, 4) is 0 Å². The lowest BCUT2D eigenvalue weighted by Gasteiger charge is -2.26. The molecule has 1 heterocycles. The summed E-state index contributed by atoms with van der Waals surface area (Å²) in [6, 6.07) is 3.01. The van der Waals surface area contributed by atoms with Crippen molar-refractivity contribution in [2.24, 2.45) is 11.8 Å². The molecule has 0 aromatic carbocycles. The topological polar surface area (TPSA) is 94.1 Å². The summed E-state index contributed by atoms with van der Waals surface area (Å²) in [6.07, 6.45) is 5.07. The lowest BCUT2D eigenvalue weighted by Crippen LogP contribution is -2.21. The summed E-state index contributed by atoms with van der Waals surface area (Å²) < 4.78 is 0. The first-order valence-electron chi connectivity index (χ1n) is 6.71. The van der Waals surface area contributed by atoms with Crippen molar-refractivity contribution >= 4 is 17.3 Å². The van der Waals surface area contributed by atoms with E-state index in [1.807, 2.05) is 0 Å². The summed E-state index contributed by atoms with van der Waals surface area (Å²) in [5, 5.41) is 13.9. The smallest absolute Gasteiger partial charge is 0.311 e. The van der Waals surface area contributed by atoms with Crippen molar-refractivity contribution in [1.29, 1.82) is 0 Å². The second kappa shape index (κ2) is 5.86. The number of hydrogen-bond donors (Lipinski definition) is 2. The number of aromatic nitrogens is 1. The number of rotatable bonds is 4. The number of nitrogens with zero attached hydrogens (tertiary/aromatic N) is 2. The van der Waals surface area contributed by atoms with Crippen LogP contribution in [0.15, 0.2) is 12.1 Å². The molecule has 2 rings (SSSR count). The van der Waals surface area contributed by atoms with E-state index < -0.39 is 4.92 Å². The van der Waals surface area contributed by atoms with Crippen LogP contribution in [0.1, 0.15) is 32.6 Å². The third-order valence-electron chi connectivity index (χ3n) is 3.72. The van der Waals surface area contributed by atoms with Crippen LogP contribution in [0.5, 0.6) is 0 Å². The Labute approximate surface area is 112 Å². The van der Waals surface area contributed by atoms with Gasteiger partial charge in [-0.3, -0.25) is 10.1 Å². The molecule has 1 aromatic rings. The van der Waals surface area contributed by atoms with E-state index >= 15 is 0 Å². The van der Waals surface area contributed by atoms with Crippen LogP contribution < -0.4 is 11.1 Å². The maximum Gasteiger partial charge on any atom is 0.311 e. The van der Waals surface area contributed by atoms with Gasteiger partial charge in [0.1, 0.15) is 5.82 Å². The van der Waals surface area contributed by atoms with E-state index in [2.05, 4.69) is 17.2 Å². The minimum Gasteiger partial charge on any atom is -0.378 e. The largest absolute Gasteiger partial charge is 0.378 e. The number of hydrogen-bond acceptors (Lipinski definition) is 5. The maximum absolute atomic E-state index is 10.6. The van der Waals surface area contributed by atoms with E-state index in [4.69, 9.17) is 5.73 Å². The lowest BCUT2D eigenvalue weighted by molar-refractivity contribution is -0.384. The van der Waals surface area contributed by atoms with Crippen molar-refractivity contribution in [2.75, 3.05) is 17.6 Å². The molecule has 104 valence electrons. The van der Waals surface area contributed by atoms with E-state index in [1.54, 1.807) is 6.07 Å². The van der Waals surface area contributed by atoms with Crippen LogP contribution in [0, 0.1) is 22.0 Å². The standard InChI is InChI=1S/C13H20N4O2/c1-9-3-2-4-10(7-9)8-15-12-6-5-11(17(18)19)13(14)16-12/h5-6,9-10H,2-4,7-8H2,1H3,(H3,14,15,16). The summed E-state index contributed by atoms with van der Waals surface area (Å²) in [5.74, 6) is 2.02. The van der Waals surface area contributed by atoms with E-state index in [9.17, 15) is 10.1 Å². The first kappa shape index (κ1) is 13.6. The van der Waals surface area contributed by atoms with Gasteiger partial charge in [0, 0.05) is 12.6 Å². The van der Waals surface area contributed by atoms with E-state index in [1.165, 1.54) is 31.7 Å². The fourth-order valence-electron chi connectivity index (χ4n) is 2.71. The predicted octanol–water partition coefficient (Wildman–Crippen LogP) is 2.81. The Bertz CT molecular complexity index is 464. The Morgan fingerprint density at radius 2 is 2.32 bits per heavy atom. The minimum absolute atomic E-state index is 0.0352. The summed E-state index contributed by atoms with van der Waals surface area (Å²) in [6.45, 7) is 3.14. The summed E-state index contributed by atoms with van der Waals surface area (Å²) in [5.41, 5.74) is 5.42. The van der Waals surface area contributed by atoms with Crippen molar-refractivity contribution in [3.05, 3.63) is 22.2 Å². The van der Waals surface area contributed by atoms with Crippen LogP contribution in [-0.4, -0.2) is 16.5 Å². The van der Waals surface area contributed by atoms with Gasteiger partial charge in [0.25, 0.3) is 0 Å². The lowest BCUT2D eigenvalue weighted by atomic mass is 9.82. The highest BCUT2D eigenvalue weighted by Crippen LogP contribution is 2.29. The first-order valence-corrected chi connectivity index (χ1v) is 6.71. The van der Waals surface area contributed by atoms with Crippen molar-refractivity contribution in [1.82, 2.24) is 4.98 Å². The fraction of sp³-hybridized carbons (Fsp3) is 0.615. The van der Waals surface area contributed by atoms with Crippen molar-refractivity contribution < 1.29 is 4.92 Å². The van der Waals surface area contributed by atoms with Gasteiger partial charge in [0.05, 0.1) is 4.92 Å². The zero-order chi connectivity index (χ0) is 13.8. The van der Waals surface area contributed by atoms with Crippen LogP contribution in [0.25, 0.3) is 0 Å². The van der Waals surface area contributed by atoms with Gasteiger partial charge >= 0.3 is 5.69 Å². The van der Waals surface area contributed by atoms with Gasteiger partial charge < -0.3 is 11.1 Å². The normalized spacial score (nSPS) is 23.0. The molecular formula is C13H20N4O2. The highest BCUT2D eigenvalue weighted by Gasteiger charge is 2.19. The number of anilines is 2. The van der Waals surface area contributed by atoms with Gasteiger partial charge in [-0.2, -0.15) is 0 Å². The Kier molecular flexibility index (Phi) is 4.19. The van der Waals surface area contributed by atoms with Crippen LogP contribution in [-0.2, 0) is 0 Å². The van der Waals surface area contributed by atoms with Crippen LogP contribution >= 0.6 is 0 Å². The first-order chi connectivity index (χ1) is 9.06. The number of pyridine rings is 1. The molecule has 19 heavy (non-hydrogen) atoms. The number of nitrogens with one attached hydrogen (secondary N) is 1. The molecule has 0 bridgehead atoms. The van der Waals surface area contributed by atoms with Crippen LogP contribution in [0.2, 0.25) is 0 Å². The number of nitrogens with two attached hydrogens (primary N) is 1. The second-order valence-corrected chi connectivity index (χ2v) is 5.38. The van der Waals surface area contributed by atoms with Gasteiger partial charge in [0.15, 0.2) is 0 Å². The van der Waals surface area contributed by atoms with Gasteiger partial charge in [-0.15, -0.1) is 0 Å². The Hall–Kier alpha value is -1.85. The molecule has 0 spiro atoms. The second-order valence-electron chi connectivity index (χ2n) is 5.38. The molecule has 1 fully saturated rings. The third-order valence-corrected chi connectivity index (χ3v) is 3.72. The molecule has 1 saturated carbocycles. The minimum atomic E-state index is -0.519. The average molecular weight is 264 g/mol. The Morgan fingerprint density at radius 1 is 1.53 bits per heavy atom. The summed E-state index contributed by atoms with van der Waals surface area (Å²) >= 11 is 0. The molecule has 2 atom stereocenters. The molecule has 0 aliphatic heterocycles. The molecule has 0 saturated heterocycles. The monoisotopic (exact) mass is 264 g/mol. The van der Waals surface area contributed by atoms with Crippen molar-refractivity contribution in [3.63, 3.8) is 0 Å². The average Bonchev–Trinajstić information content (AvgIpc) is 2.36.